The van der Waals surface area contributed by atoms with Gasteiger partial charge in [0, 0.05) is 39.3 Å². The maximum atomic E-state index is 6.39. The second-order valence-electron chi connectivity index (χ2n) is 8.03. The Morgan fingerprint density at radius 3 is 1.75 bits per heavy atom. The molecule has 1 fully saturated rings. The topological polar surface area (TPSA) is 15.7 Å². The zero-order valence-corrected chi connectivity index (χ0v) is 19.4. The first kappa shape index (κ1) is 24.2. The number of nitrogens with zero attached hydrogens (tertiary/aromatic N) is 2. The quantitative estimate of drug-likeness (QED) is 0.427. The Hall–Kier alpha value is -2.43. The van der Waals surface area contributed by atoms with Crippen molar-refractivity contribution in [1.82, 2.24) is 9.80 Å². The molecule has 3 aromatic carbocycles. The standard InChI is InChI=1S/C28H32N2O.ClH/c1-4-11-25(12-5-1)13-10-18-29-19-21-30(22-20-29)23-24-31-28(26-14-6-2-7-15-26)27-16-8-3-9-17-27;/h1-17,28H,18-24H2;1H/b13-10+;. The van der Waals surface area contributed by atoms with Crippen LogP contribution < -0.4 is 0 Å². The Kier molecular flexibility index (Phi) is 9.98. The Balaban J connectivity index is 0.00000289. The SMILES string of the molecule is C(=C\c1ccccc1)/CN1CCN(CCOC(c2ccccc2)c2ccccc2)CC1.Cl. The normalized spacial score (nSPS) is 15.2. The zero-order valence-electron chi connectivity index (χ0n) is 18.6. The average molecular weight is 449 g/mol. The number of hydrogen-bond donors (Lipinski definition) is 0. The van der Waals surface area contributed by atoms with Crippen LogP contribution in [0.5, 0.6) is 0 Å². The van der Waals surface area contributed by atoms with Crippen LogP contribution in [0.1, 0.15) is 22.8 Å². The molecule has 3 aromatic rings. The lowest BCUT2D eigenvalue weighted by Gasteiger charge is -2.34. The van der Waals surface area contributed by atoms with Crippen LogP contribution in [0, 0.1) is 0 Å². The predicted molar refractivity (Wildman–Crippen MR) is 136 cm³/mol. The molecule has 4 rings (SSSR count). The second-order valence-corrected chi connectivity index (χ2v) is 8.03. The summed E-state index contributed by atoms with van der Waals surface area (Å²) in [5.74, 6) is 0. The number of piperazine rings is 1. The Morgan fingerprint density at radius 1 is 0.688 bits per heavy atom. The molecule has 1 saturated heterocycles. The van der Waals surface area contributed by atoms with Crippen molar-refractivity contribution >= 4 is 18.5 Å². The van der Waals surface area contributed by atoms with Gasteiger partial charge in [0.05, 0.1) is 6.61 Å². The highest BCUT2D eigenvalue weighted by atomic mass is 35.5. The Bertz CT molecular complexity index is 870. The van der Waals surface area contributed by atoms with Gasteiger partial charge in [0.15, 0.2) is 0 Å². The van der Waals surface area contributed by atoms with Crippen molar-refractivity contribution in [3.05, 3.63) is 114 Å². The molecule has 0 aromatic heterocycles. The van der Waals surface area contributed by atoms with E-state index in [0.29, 0.717) is 0 Å². The van der Waals surface area contributed by atoms with E-state index in [2.05, 4.69) is 113 Å². The van der Waals surface area contributed by atoms with Crippen LogP contribution in [0.4, 0.5) is 0 Å². The van der Waals surface area contributed by atoms with Crippen molar-refractivity contribution in [1.29, 1.82) is 0 Å². The van der Waals surface area contributed by atoms with E-state index in [0.717, 1.165) is 45.9 Å². The average Bonchev–Trinajstić information content (AvgIpc) is 2.85. The summed E-state index contributed by atoms with van der Waals surface area (Å²) in [6, 6.07) is 31.6. The van der Waals surface area contributed by atoms with Gasteiger partial charge in [-0.25, -0.2) is 0 Å². The van der Waals surface area contributed by atoms with Crippen molar-refractivity contribution < 1.29 is 4.74 Å². The molecule has 168 valence electrons. The highest BCUT2D eigenvalue weighted by molar-refractivity contribution is 5.85. The third-order valence-electron chi connectivity index (χ3n) is 5.84. The van der Waals surface area contributed by atoms with E-state index in [1.54, 1.807) is 0 Å². The smallest absolute Gasteiger partial charge is 0.108 e. The van der Waals surface area contributed by atoms with Crippen LogP contribution in [0.15, 0.2) is 97.1 Å². The minimum absolute atomic E-state index is 0. The van der Waals surface area contributed by atoms with Gasteiger partial charge in [-0.1, -0.05) is 103 Å². The third kappa shape index (κ3) is 7.32. The molecule has 0 saturated carbocycles. The molecule has 0 spiro atoms. The van der Waals surface area contributed by atoms with E-state index in [4.69, 9.17) is 4.74 Å². The Labute approximate surface area is 198 Å². The fraction of sp³-hybridized carbons (Fsp3) is 0.286. The predicted octanol–water partition coefficient (Wildman–Crippen LogP) is 5.55. The van der Waals surface area contributed by atoms with Gasteiger partial charge >= 0.3 is 0 Å². The van der Waals surface area contributed by atoms with Crippen LogP contribution in [-0.2, 0) is 4.74 Å². The summed E-state index contributed by atoms with van der Waals surface area (Å²) in [4.78, 5) is 5.04. The molecule has 0 radical (unpaired) electrons. The molecule has 32 heavy (non-hydrogen) atoms. The van der Waals surface area contributed by atoms with Crippen LogP contribution in [0.3, 0.4) is 0 Å². The van der Waals surface area contributed by atoms with E-state index in [1.165, 1.54) is 16.7 Å². The molecule has 1 heterocycles. The second kappa shape index (κ2) is 13.2. The first-order valence-corrected chi connectivity index (χ1v) is 11.3. The van der Waals surface area contributed by atoms with E-state index < -0.39 is 0 Å². The van der Waals surface area contributed by atoms with Crippen molar-refractivity contribution in [3.63, 3.8) is 0 Å². The van der Waals surface area contributed by atoms with E-state index in [-0.39, 0.29) is 18.5 Å². The number of ether oxygens (including phenoxy) is 1. The molecule has 3 nitrogen and oxygen atoms in total. The summed E-state index contributed by atoms with van der Waals surface area (Å²) in [7, 11) is 0. The van der Waals surface area contributed by atoms with E-state index in [1.807, 2.05) is 0 Å². The molecule has 0 bridgehead atoms. The Morgan fingerprint density at radius 2 is 1.19 bits per heavy atom. The fourth-order valence-electron chi connectivity index (χ4n) is 4.04. The maximum absolute atomic E-state index is 6.39. The molecular formula is C28H33ClN2O. The van der Waals surface area contributed by atoms with Crippen LogP contribution in [0.25, 0.3) is 6.08 Å². The van der Waals surface area contributed by atoms with E-state index in [9.17, 15) is 0 Å². The van der Waals surface area contributed by atoms with Gasteiger partial charge in [0.2, 0.25) is 0 Å². The third-order valence-corrected chi connectivity index (χ3v) is 5.84. The van der Waals surface area contributed by atoms with Gasteiger partial charge in [-0.3, -0.25) is 9.80 Å². The van der Waals surface area contributed by atoms with Gasteiger partial charge in [-0.2, -0.15) is 0 Å². The molecule has 0 atom stereocenters. The van der Waals surface area contributed by atoms with E-state index >= 15 is 0 Å². The lowest BCUT2D eigenvalue weighted by molar-refractivity contribution is 0.0468. The van der Waals surface area contributed by atoms with Crippen LogP contribution in [0.2, 0.25) is 0 Å². The van der Waals surface area contributed by atoms with Gasteiger partial charge in [-0.05, 0) is 16.7 Å². The van der Waals surface area contributed by atoms with Gasteiger partial charge in [-0.15, -0.1) is 12.4 Å². The first-order valence-electron chi connectivity index (χ1n) is 11.3. The monoisotopic (exact) mass is 448 g/mol. The number of halogens is 1. The molecule has 0 aliphatic carbocycles. The molecule has 0 N–H and O–H groups in total. The largest absolute Gasteiger partial charge is 0.367 e. The summed E-state index contributed by atoms with van der Waals surface area (Å²) in [6.07, 6.45) is 4.48. The molecule has 1 aliphatic heterocycles. The van der Waals surface area contributed by atoms with Gasteiger partial charge < -0.3 is 4.74 Å². The number of rotatable bonds is 9. The maximum Gasteiger partial charge on any atom is 0.108 e. The summed E-state index contributed by atoms with van der Waals surface area (Å²) >= 11 is 0. The number of benzene rings is 3. The summed E-state index contributed by atoms with van der Waals surface area (Å²) in [5.41, 5.74) is 3.69. The lowest BCUT2D eigenvalue weighted by Crippen LogP contribution is -2.47. The van der Waals surface area contributed by atoms with Gasteiger partial charge in [0.25, 0.3) is 0 Å². The summed E-state index contributed by atoms with van der Waals surface area (Å²) in [5, 5.41) is 0. The zero-order chi connectivity index (χ0) is 21.1. The van der Waals surface area contributed by atoms with Crippen molar-refractivity contribution in [3.8, 4) is 0 Å². The van der Waals surface area contributed by atoms with Crippen molar-refractivity contribution in [2.45, 2.75) is 6.10 Å². The molecular weight excluding hydrogens is 416 g/mol. The molecule has 4 heteroatoms. The highest BCUT2D eigenvalue weighted by Crippen LogP contribution is 2.25. The van der Waals surface area contributed by atoms with Crippen molar-refractivity contribution in [2.75, 3.05) is 45.9 Å². The summed E-state index contributed by atoms with van der Waals surface area (Å²) < 4.78 is 6.39. The fourth-order valence-corrected chi connectivity index (χ4v) is 4.04. The minimum Gasteiger partial charge on any atom is -0.367 e. The molecule has 0 unspecified atom stereocenters. The van der Waals surface area contributed by atoms with Gasteiger partial charge in [0.1, 0.15) is 6.10 Å². The molecule has 1 aliphatic rings. The van der Waals surface area contributed by atoms with Crippen LogP contribution >= 0.6 is 12.4 Å². The summed E-state index contributed by atoms with van der Waals surface area (Å²) in [6.45, 7) is 7.16. The minimum atomic E-state index is -0.00758. The first-order chi connectivity index (χ1) is 15.4. The highest BCUT2D eigenvalue weighted by Gasteiger charge is 2.18. The van der Waals surface area contributed by atoms with Crippen molar-refractivity contribution in [2.24, 2.45) is 0 Å². The molecule has 0 amide bonds. The number of hydrogen-bond acceptors (Lipinski definition) is 3. The van der Waals surface area contributed by atoms with Crippen LogP contribution in [-0.4, -0.2) is 55.7 Å². The lowest BCUT2D eigenvalue weighted by atomic mass is 10.0.